The van der Waals surface area contributed by atoms with Gasteiger partial charge in [-0.25, -0.2) is 28.5 Å². The SMILES string of the molecule is CC(OC(N)=O)c1oc(-c2ccc(OC(F)F)c(OCC3CC3)c2)nc1C(=O)NC(C(=O)N1CCN(c2ncccn2)CC1)c1ccc(F)cc1F. The summed E-state index contributed by atoms with van der Waals surface area (Å²) in [6.45, 7) is -0.567. The predicted molar refractivity (Wildman–Crippen MR) is 173 cm³/mol. The number of ether oxygens (including phenoxy) is 3. The van der Waals surface area contributed by atoms with Crippen LogP contribution in [-0.2, 0) is 9.53 Å². The molecular formula is C34H33F4N7O7. The Kier molecular flexibility index (Phi) is 10.7. The van der Waals surface area contributed by atoms with E-state index >= 15 is 4.39 Å². The first-order valence-electron chi connectivity index (χ1n) is 16.2. The van der Waals surface area contributed by atoms with Crippen molar-refractivity contribution < 1.29 is 50.6 Å². The van der Waals surface area contributed by atoms with Crippen molar-refractivity contribution in [3.05, 3.63) is 83.5 Å². The molecule has 3 amide bonds. The minimum absolute atomic E-state index is 0.0340. The second-order valence-corrected chi connectivity index (χ2v) is 12.0. The maximum Gasteiger partial charge on any atom is 0.405 e. The highest BCUT2D eigenvalue weighted by Crippen LogP contribution is 2.38. The molecule has 274 valence electrons. The Labute approximate surface area is 293 Å². The lowest BCUT2D eigenvalue weighted by Gasteiger charge is -2.36. The number of primary amides is 1. The number of carbonyl (C=O) groups excluding carboxylic acids is 3. The molecular weight excluding hydrogens is 694 g/mol. The third-order valence-corrected chi connectivity index (χ3v) is 8.33. The van der Waals surface area contributed by atoms with E-state index in [0.29, 0.717) is 25.1 Å². The van der Waals surface area contributed by atoms with Crippen molar-refractivity contribution in [2.24, 2.45) is 11.7 Å². The zero-order valence-corrected chi connectivity index (χ0v) is 27.6. The number of benzene rings is 2. The standard InChI is InChI=1S/C34H33F4N7O7/c1-18(50-33(39)48)28-27(43-30(52-28)20-5-8-24(51-32(37)38)25(15-20)49-17-19-3-4-19)29(46)42-26(22-7-6-21(35)16-23(22)36)31(47)44-11-13-45(14-12-44)34-40-9-2-10-41-34/h2,5-10,15-16,18-19,26,32H,3-4,11-14,17H2,1H3,(H2,39,48)(H,42,46). The van der Waals surface area contributed by atoms with Crippen molar-refractivity contribution in [2.45, 2.75) is 38.5 Å². The van der Waals surface area contributed by atoms with Gasteiger partial charge in [0, 0.05) is 55.8 Å². The first-order chi connectivity index (χ1) is 25.0. The van der Waals surface area contributed by atoms with Gasteiger partial charge in [0.2, 0.25) is 17.7 Å². The van der Waals surface area contributed by atoms with Crippen molar-refractivity contribution in [3.63, 3.8) is 0 Å². The van der Waals surface area contributed by atoms with Gasteiger partial charge in [-0.1, -0.05) is 6.07 Å². The lowest BCUT2D eigenvalue weighted by Crippen LogP contribution is -2.52. The average molecular weight is 728 g/mol. The number of nitrogens with two attached hydrogens (primary N) is 1. The van der Waals surface area contributed by atoms with Crippen LogP contribution in [0.1, 0.15) is 53.7 Å². The molecule has 52 heavy (non-hydrogen) atoms. The molecule has 0 radical (unpaired) electrons. The van der Waals surface area contributed by atoms with Crippen LogP contribution in [0.3, 0.4) is 0 Å². The number of piperazine rings is 1. The molecule has 0 spiro atoms. The number of anilines is 1. The largest absolute Gasteiger partial charge is 0.489 e. The van der Waals surface area contributed by atoms with Crippen LogP contribution in [0.25, 0.3) is 11.5 Å². The van der Waals surface area contributed by atoms with E-state index in [2.05, 4.69) is 25.0 Å². The molecule has 18 heteroatoms. The minimum Gasteiger partial charge on any atom is -0.489 e. The Hall–Kier alpha value is -5.94. The van der Waals surface area contributed by atoms with Crippen molar-refractivity contribution in [1.82, 2.24) is 25.2 Å². The van der Waals surface area contributed by atoms with Crippen LogP contribution >= 0.6 is 0 Å². The zero-order valence-electron chi connectivity index (χ0n) is 27.6. The molecule has 4 aromatic rings. The number of hydrogen-bond acceptors (Lipinski definition) is 11. The predicted octanol–water partition coefficient (Wildman–Crippen LogP) is 4.78. The van der Waals surface area contributed by atoms with E-state index in [1.165, 1.54) is 30.0 Å². The molecule has 3 N–H and O–H groups in total. The summed E-state index contributed by atoms with van der Waals surface area (Å²) in [6, 6.07) is 6.45. The van der Waals surface area contributed by atoms with Gasteiger partial charge in [-0.15, -0.1) is 0 Å². The van der Waals surface area contributed by atoms with E-state index < -0.39 is 54.0 Å². The number of nitrogens with one attached hydrogen (secondary N) is 1. The molecule has 6 rings (SSSR count). The lowest BCUT2D eigenvalue weighted by atomic mass is 10.0. The average Bonchev–Trinajstić information content (AvgIpc) is 3.84. The molecule has 14 nitrogen and oxygen atoms in total. The van der Waals surface area contributed by atoms with Crippen molar-refractivity contribution in [3.8, 4) is 23.0 Å². The first kappa shape index (κ1) is 35.9. The number of nitrogens with zero attached hydrogens (tertiary/aromatic N) is 5. The number of alkyl halides is 2. The molecule has 1 saturated carbocycles. The van der Waals surface area contributed by atoms with Gasteiger partial charge in [-0.3, -0.25) is 9.59 Å². The molecule has 0 bridgehead atoms. The Balaban J connectivity index is 1.31. The van der Waals surface area contributed by atoms with Gasteiger partial charge in [0.25, 0.3) is 5.91 Å². The van der Waals surface area contributed by atoms with Crippen LogP contribution < -0.4 is 25.4 Å². The minimum atomic E-state index is -3.13. The van der Waals surface area contributed by atoms with E-state index in [4.69, 9.17) is 19.6 Å². The van der Waals surface area contributed by atoms with E-state index in [1.807, 2.05) is 4.90 Å². The molecule has 2 aliphatic rings. The quantitative estimate of drug-likeness (QED) is 0.182. The summed E-state index contributed by atoms with van der Waals surface area (Å²) in [6.07, 6.45) is 2.52. The highest BCUT2D eigenvalue weighted by molar-refractivity contribution is 5.98. The van der Waals surface area contributed by atoms with Crippen LogP contribution in [0.4, 0.5) is 28.3 Å². The number of hydrogen-bond donors (Lipinski definition) is 2. The number of rotatable bonds is 13. The Bertz CT molecular complexity index is 1920. The molecule has 2 unspecified atom stereocenters. The van der Waals surface area contributed by atoms with Gasteiger partial charge >= 0.3 is 12.7 Å². The monoisotopic (exact) mass is 727 g/mol. The smallest absolute Gasteiger partial charge is 0.405 e. The summed E-state index contributed by atoms with van der Waals surface area (Å²) < 4.78 is 76.7. The molecule has 1 aliphatic heterocycles. The van der Waals surface area contributed by atoms with Crippen LogP contribution in [0.5, 0.6) is 11.5 Å². The van der Waals surface area contributed by atoms with Crippen molar-refractivity contribution in [2.75, 3.05) is 37.7 Å². The number of halogens is 4. The molecule has 2 aromatic carbocycles. The maximum atomic E-state index is 15.2. The van der Waals surface area contributed by atoms with E-state index in [-0.39, 0.29) is 59.9 Å². The summed E-state index contributed by atoms with van der Waals surface area (Å²) in [5, 5.41) is 2.49. The molecule has 1 aliphatic carbocycles. The van der Waals surface area contributed by atoms with Crippen molar-refractivity contribution in [1.29, 1.82) is 0 Å². The maximum absolute atomic E-state index is 15.2. The van der Waals surface area contributed by atoms with Gasteiger partial charge in [-0.05, 0) is 56.0 Å². The van der Waals surface area contributed by atoms with E-state index in [0.717, 1.165) is 25.0 Å². The summed E-state index contributed by atoms with van der Waals surface area (Å²) in [4.78, 5) is 55.6. The highest BCUT2D eigenvalue weighted by atomic mass is 19.3. The molecule has 1 saturated heterocycles. The van der Waals surface area contributed by atoms with E-state index in [9.17, 15) is 27.6 Å². The first-order valence-corrected chi connectivity index (χ1v) is 16.2. The Morgan fingerprint density at radius 1 is 1.02 bits per heavy atom. The third kappa shape index (κ3) is 8.50. The summed E-state index contributed by atoms with van der Waals surface area (Å²) in [5.41, 5.74) is 4.59. The highest BCUT2D eigenvalue weighted by Gasteiger charge is 2.35. The molecule has 3 heterocycles. The number of aromatic nitrogens is 3. The fourth-order valence-electron chi connectivity index (χ4n) is 5.53. The fourth-order valence-corrected chi connectivity index (χ4v) is 5.53. The molecule has 2 atom stereocenters. The zero-order chi connectivity index (χ0) is 36.9. The third-order valence-electron chi connectivity index (χ3n) is 8.33. The summed E-state index contributed by atoms with van der Waals surface area (Å²) in [5.74, 6) is -3.82. The summed E-state index contributed by atoms with van der Waals surface area (Å²) >= 11 is 0. The van der Waals surface area contributed by atoms with E-state index in [1.54, 1.807) is 18.5 Å². The second-order valence-electron chi connectivity index (χ2n) is 12.0. The van der Waals surface area contributed by atoms with Crippen LogP contribution in [-0.4, -0.2) is 77.2 Å². The topological polar surface area (TPSA) is 175 Å². The van der Waals surface area contributed by atoms with Crippen molar-refractivity contribution >= 4 is 23.9 Å². The van der Waals surface area contributed by atoms with Gasteiger partial charge in [0.1, 0.15) is 17.7 Å². The van der Waals surface area contributed by atoms with Crippen LogP contribution in [0.15, 0.2) is 59.3 Å². The Morgan fingerprint density at radius 2 is 1.75 bits per heavy atom. The van der Waals surface area contributed by atoms with Crippen LogP contribution in [0.2, 0.25) is 0 Å². The lowest BCUT2D eigenvalue weighted by molar-refractivity contribution is -0.133. The van der Waals surface area contributed by atoms with Gasteiger partial charge in [0.05, 0.1) is 6.61 Å². The number of carbonyl (C=O) groups is 3. The number of oxazole rings is 1. The number of amides is 3. The fraction of sp³-hybridized carbons (Fsp3) is 0.353. The van der Waals surface area contributed by atoms with Crippen LogP contribution in [0, 0.1) is 17.6 Å². The normalized spacial score (nSPS) is 15.6. The van der Waals surface area contributed by atoms with Gasteiger partial charge in [0.15, 0.2) is 29.1 Å². The van der Waals surface area contributed by atoms with Gasteiger partial charge < -0.3 is 39.5 Å². The van der Waals surface area contributed by atoms with Gasteiger partial charge in [-0.2, -0.15) is 8.78 Å². The molecule has 2 fully saturated rings. The Morgan fingerprint density at radius 3 is 2.40 bits per heavy atom. The second kappa shape index (κ2) is 15.5. The molecule has 2 aromatic heterocycles. The summed E-state index contributed by atoms with van der Waals surface area (Å²) in [7, 11) is 0.